The van der Waals surface area contributed by atoms with Crippen LogP contribution in [0.15, 0.2) is 0 Å². The summed E-state index contributed by atoms with van der Waals surface area (Å²) in [4.78, 5) is 13.8. The number of nitrogens with zero attached hydrogens (tertiary/aromatic N) is 1. The lowest BCUT2D eigenvalue weighted by Gasteiger charge is -2.27. The molecule has 3 atom stereocenters. The molecule has 1 saturated heterocycles. The molecule has 2 aliphatic rings. The lowest BCUT2D eigenvalue weighted by atomic mass is 9.83. The smallest absolute Gasteiger partial charge is 0.410 e. The van der Waals surface area contributed by atoms with Crippen molar-refractivity contribution in [1.82, 2.24) is 4.90 Å². The van der Waals surface area contributed by atoms with Crippen molar-refractivity contribution in [2.24, 2.45) is 11.3 Å². The zero-order valence-electron chi connectivity index (χ0n) is 13.4. The molecule has 2 fully saturated rings. The van der Waals surface area contributed by atoms with Gasteiger partial charge in [0.1, 0.15) is 5.60 Å². The summed E-state index contributed by atoms with van der Waals surface area (Å²) in [5.74, 6) is 0.261. The molecule has 7 heteroatoms. The van der Waals surface area contributed by atoms with Gasteiger partial charge in [-0.2, -0.15) is 8.42 Å². The maximum atomic E-state index is 12.1. The zero-order valence-corrected chi connectivity index (χ0v) is 14.2. The molecule has 1 saturated carbocycles. The number of carbonyl (C=O) groups is 1. The van der Waals surface area contributed by atoms with Crippen LogP contribution in [-0.4, -0.2) is 50.5 Å². The summed E-state index contributed by atoms with van der Waals surface area (Å²) in [6.45, 7) is 8.83. The molecule has 0 aromatic carbocycles. The minimum Gasteiger partial charge on any atom is -0.444 e. The van der Waals surface area contributed by atoms with Crippen LogP contribution in [-0.2, 0) is 19.0 Å². The van der Waals surface area contributed by atoms with Crippen LogP contribution < -0.4 is 0 Å². The van der Waals surface area contributed by atoms with Gasteiger partial charge in [0.15, 0.2) is 0 Å². The summed E-state index contributed by atoms with van der Waals surface area (Å²) in [6.07, 6.45) is 1.85. The van der Waals surface area contributed by atoms with Crippen LogP contribution in [0.25, 0.3) is 0 Å². The third kappa shape index (κ3) is 4.10. The topological polar surface area (TPSA) is 72.9 Å². The van der Waals surface area contributed by atoms with Gasteiger partial charge in [0.2, 0.25) is 0 Å². The average Bonchev–Trinajstić information content (AvgIpc) is 2.63. The van der Waals surface area contributed by atoms with Gasteiger partial charge in [-0.1, -0.05) is 6.92 Å². The second-order valence-corrected chi connectivity index (χ2v) is 9.17. The Morgan fingerprint density at radius 1 is 1.33 bits per heavy atom. The van der Waals surface area contributed by atoms with Crippen molar-refractivity contribution in [3.05, 3.63) is 0 Å². The van der Waals surface area contributed by atoms with Crippen LogP contribution in [0.3, 0.4) is 0 Å². The van der Waals surface area contributed by atoms with Crippen molar-refractivity contribution in [1.29, 1.82) is 0 Å². The Kier molecular flexibility index (Phi) is 4.04. The van der Waals surface area contributed by atoms with Gasteiger partial charge in [-0.05, 0) is 44.9 Å². The van der Waals surface area contributed by atoms with Crippen molar-refractivity contribution >= 4 is 16.2 Å². The average molecular weight is 319 g/mol. The minimum absolute atomic E-state index is 0.0910. The molecular weight excluding hydrogens is 294 g/mol. The minimum atomic E-state index is -3.42. The van der Waals surface area contributed by atoms with Gasteiger partial charge in [0.25, 0.3) is 10.1 Å². The summed E-state index contributed by atoms with van der Waals surface area (Å²) in [7, 11) is -3.42. The molecule has 21 heavy (non-hydrogen) atoms. The largest absolute Gasteiger partial charge is 0.444 e. The fourth-order valence-corrected chi connectivity index (χ4v) is 4.05. The van der Waals surface area contributed by atoms with Gasteiger partial charge in [0, 0.05) is 13.1 Å². The highest BCUT2D eigenvalue weighted by molar-refractivity contribution is 7.86. The molecule has 1 aliphatic heterocycles. The lowest BCUT2D eigenvalue weighted by Crippen LogP contribution is -2.37. The Hall–Kier alpha value is -0.820. The van der Waals surface area contributed by atoms with Crippen molar-refractivity contribution in [2.75, 3.05) is 19.3 Å². The van der Waals surface area contributed by atoms with Crippen molar-refractivity contribution in [3.8, 4) is 0 Å². The number of rotatable bonds is 2. The molecule has 0 spiro atoms. The summed E-state index contributed by atoms with van der Waals surface area (Å²) in [5.41, 5.74) is -0.593. The van der Waals surface area contributed by atoms with Crippen LogP contribution in [0.1, 0.15) is 40.5 Å². The van der Waals surface area contributed by atoms with Crippen molar-refractivity contribution in [2.45, 2.75) is 52.2 Å². The van der Waals surface area contributed by atoms with E-state index in [-0.39, 0.29) is 23.5 Å². The molecule has 6 nitrogen and oxygen atoms in total. The molecule has 0 radical (unpaired) electrons. The molecule has 0 bridgehead atoms. The number of ether oxygens (including phenoxy) is 1. The third-order valence-corrected chi connectivity index (χ3v) is 4.80. The van der Waals surface area contributed by atoms with Crippen LogP contribution in [0.2, 0.25) is 0 Å². The van der Waals surface area contributed by atoms with E-state index in [1.54, 1.807) is 4.90 Å². The predicted octanol–water partition coefficient (Wildman–Crippen LogP) is 2.00. The van der Waals surface area contributed by atoms with E-state index in [0.29, 0.717) is 25.9 Å². The zero-order chi connectivity index (χ0) is 16.1. The highest BCUT2D eigenvalue weighted by atomic mass is 32.2. The first-order valence-electron chi connectivity index (χ1n) is 7.24. The quantitative estimate of drug-likeness (QED) is 0.728. The van der Waals surface area contributed by atoms with E-state index < -0.39 is 15.7 Å². The standard InChI is InChI=1S/C14H25NO5S/c1-13(2,3)19-12(16)15-8-10-6-11(20-21(5,17)18)7-14(10,4)9-15/h10-11H,6-9H2,1-5H3/t10-,11?,14+/m1/s1. The van der Waals surface area contributed by atoms with E-state index >= 15 is 0 Å². The Morgan fingerprint density at radius 3 is 2.43 bits per heavy atom. The second-order valence-electron chi connectivity index (χ2n) is 7.57. The van der Waals surface area contributed by atoms with Gasteiger partial charge in [-0.3, -0.25) is 4.18 Å². The fourth-order valence-electron chi connectivity index (χ4n) is 3.41. The summed E-state index contributed by atoms with van der Waals surface area (Å²) < 4.78 is 33.0. The Bertz CT molecular complexity index is 524. The molecule has 0 aromatic rings. The second kappa shape index (κ2) is 5.12. The fraction of sp³-hybridized carbons (Fsp3) is 0.929. The Morgan fingerprint density at radius 2 is 1.95 bits per heavy atom. The maximum Gasteiger partial charge on any atom is 0.410 e. The van der Waals surface area contributed by atoms with Crippen LogP contribution in [0.4, 0.5) is 4.79 Å². The number of amides is 1. The summed E-state index contributed by atoms with van der Waals surface area (Å²) in [6, 6.07) is 0. The molecule has 1 amide bonds. The number of carbonyl (C=O) groups excluding carboxylic acids is 1. The SMILES string of the molecule is CC(C)(C)OC(=O)N1C[C@H]2CC(OS(C)(=O)=O)C[C@@]2(C)C1. The molecule has 1 heterocycles. The van der Waals surface area contributed by atoms with E-state index in [1.807, 2.05) is 20.8 Å². The molecule has 1 aliphatic carbocycles. The number of hydrogen-bond donors (Lipinski definition) is 0. The van der Waals surface area contributed by atoms with Crippen molar-refractivity contribution < 1.29 is 22.1 Å². The first-order chi connectivity index (χ1) is 9.38. The van der Waals surface area contributed by atoms with Crippen LogP contribution >= 0.6 is 0 Å². The number of hydrogen-bond acceptors (Lipinski definition) is 5. The molecule has 122 valence electrons. The van der Waals surface area contributed by atoms with Crippen LogP contribution in [0.5, 0.6) is 0 Å². The molecule has 0 aromatic heterocycles. The molecule has 2 rings (SSSR count). The number of likely N-dealkylation sites (tertiary alicyclic amines) is 1. The number of fused-ring (bicyclic) bond motifs is 1. The summed E-state index contributed by atoms with van der Waals surface area (Å²) in [5, 5.41) is 0. The van der Waals surface area contributed by atoms with E-state index in [9.17, 15) is 13.2 Å². The van der Waals surface area contributed by atoms with E-state index in [4.69, 9.17) is 8.92 Å². The highest BCUT2D eigenvalue weighted by Gasteiger charge is 2.52. The van der Waals surface area contributed by atoms with E-state index in [1.165, 1.54) is 0 Å². The van der Waals surface area contributed by atoms with Crippen LogP contribution in [0, 0.1) is 11.3 Å². The monoisotopic (exact) mass is 319 g/mol. The first kappa shape index (κ1) is 16.5. The van der Waals surface area contributed by atoms with Gasteiger partial charge in [0.05, 0.1) is 12.4 Å². The van der Waals surface area contributed by atoms with Gasteiger partial charge >= 0.3 is 6.09 Å². The molecule has 1 unspecified atom stereocenters. The first-order valence-corrected chi connectivity index (χ1v) is 9.06. The third-order valence-electron chi connectivity index (χ3n) is 4.18. The van der Waals surface area contributed by atoms with Gasteiger partial charge in [-0.15, -0.1) is 0 Å². The predicted molar refractivity (Wildman–Crippen MR) is 78.4 cm³/mol. The van der Waals surface area contributed by atoms with Gasteiger partial charge in [-0.25, -0.2) is 4.79 Å². The van der Waals surface area contributed by atoms with Gasteiger partial charge < -0.3 is 9.64 Å². The normalized spacial score (nSPS) is 33.1. The van der Waals surface area contributed by atoms with E-state index in [0.717, 1.165) is 6.26 Å². The molecule has 0 N–H and O–H groups in total. The van der Waals surface area contributed by atoms with Crippen molar-refractivity contribution in [3.63, 3.8) is 0 Å². The maximum absolute atomic E-state index is 12.1. The molecular formula is C14H25NO5S. The summed E-state index contributed by atoms with van der Waals surface area (Å²) >= 11 is 0. The lowest BCUT2D eigenvalue weighted by molar-refractivity contribution is 0.0259. The van der Waals surface area contributed by atoms with E-state index in [2.05, 4.69) is 6.92 Å². The highest BCUT2D eigenvalue weighted by Crippen LogP contribution is 2.49. The Balaban J connectivity index is 1.97. The Labute approximate surface area is 126 Å².